The van der Waals surface area contributed by atoms with Crippen LogP contribution in [0, 0.1) is 0 Å². The zero-order valence-corrected chi connectivity index (χ0v) is 3.91. The third-order valence-electron chi connectivity index (χ3n) is 0. The first-order valence-electron chi connectivity index (χ1n) is 0. The Labute approximate surface area is 64.6 Å². The van der Waals surface area contributed by atoms with E-state index in [2.05, 4.69) is 0 Å². The van der Waals surface area contributed by atoms with Crippen LogP contribution in [-0.2, 0) is 40.3 Å². The predicted molar refractivity (Wildman–Crippen MR) is 16.7 cm³/mol. The molecule has 4 heavy (non-hydrogen) atoms. The molecule has 3 heteroatoms. The van der Waals surface area contributed by atoms with Crippen LogP contribution in [0.3, 0.4) is 0 Å². The molecule has 0 atom stereocenters. The van der Waals surface area contributed by atoms with Crippen molar-refractivity contribution in [2.45, 2.75) is 7.43 Å². The fourth-order valence-electron chi connectivity index (χ4n) is 0. The minimum atomic E-state index is 0. The molecular weight excluding hydrogens is 138 g/mol. The normalized spacial score (nSPS) is 0. The molecule has 0 aromatic carbocycles. The Morgan fingerprint density at radius 1 is 1.00 bits per heavy atom. The van der Waals surface area contributed by atoms with E-state index in [-0.39, 0.29) is 65.1 Å². The summed E-state index contributed by atoms with van der Waals surface area (Å²) in [6.07, 6.45) is 0. The molecule has 0 N–H and O–H groups in total. The van der Waals surface area contributed by atoms with Crippen LogP contribution in [-0.4, -0.2) is 17.4 Å². The molecular formula is CH7AlTiV. The fraction of sp³-hybridized carbons (Fsp3) is 1.00. The van der Waals surface area contributed by atoms with Crippen molar-refractivity contribution in [2.75, 3.05) is 0 Å². The summed E-state index contributed by atoms with van der Waals surface area (Å²) in [5.74, 6) is 0. The van der Waals surface area contributed by atoms with Crippen LogP contribution in [0.1, 0.15) is 7.43 Å². The number of hydrogen-bond acceptors (Lipinski definition) is 0. The number of hydrogen-bond donors (Lipinski definition) is 0. The molecule has 0 heterocycles. The predicted octanol–water partition coefficient (Wildman–Crippen LogP) is -0.553. The first kappa shape index (κ1) is 40.6. The Balaban J connectivity index is 0. The molecule has 0 aliphatic heterocycles. The smallest absolute Gasteiger partial charge is 0.0776 e. The summed E-state index contributed by atoms with van der Waals surface area (Å²) >= 11 is 0. The van der Waals surface area contributed by atoms with Gasteiger partial charge in [0.1, 0.15) is 0 Å². The second-order valence-electron chi connectivity index (χ2n) is 0. The van der Waals surface area contributed by atoms with E-state index in [0.29, 0.717) is 0 Å². The van der Waals surface area contributed by atoms with Crippen LogP contribution >= 0.6 is 0 Å². The van der Waals surface area contributed by atoms with Crippen molar-refractivity contribution in [1.29, 1.82) is 0 Å². The van der Waals surface area contributed by atoms with Gasteiger partial charge < -0.3 is 0 Å². The van der Waals surface area contributed by atoms with Gasteiger partial charge in [0, 0.05) is 40.3 Å². The summed E-state index contributed by atoms with van der Waals surface area (Å²) < 4.78 is 0. The van der Waals surface area contributed by atoms with E-state index in [1.165, 1.54) is 0 Å². The van der Waals surface area contributed by atoms with Gasteiger partial charge in [0.2, 0.25) is 0 Å². The van der Waals surface area contributed by atoms with Crippen LogP contribution < -0.4 is 0 Å². The van der Waals surface area contributed by atoms with Crippen molar-refractivity contribution in [2.24, 2.45) is 0 Å². The van der Waals surface area contributed by atoms with Gasteiger partial charge >= 0.3 is 0 Å². The van der Waals surface area contributed by atoms with Crippen molar-refractivity contribution in [3.63, 3.8) is 0 Å². The summed E-state index contributed by atoms with van der Waals surface area (Å²) in [4.78, 5) is 0. The fourth-order valence-corrected chi connectivity index (χ4v) is 0. The van der Waals surface area contributed by atoms with Crippen molar-refractivity contribution in [3.05, 3.63) is 0 Å². The van der Waals surface area contributed by atoms with E-state index in [1.54, 1.807) is 0 Å². The van der Waals surface area contributed by atoms with E-state index in [4.69, 9.17) is 0 Å². The van der Waals surface area contributed by atoms with Crippen LogP contribution in [0.2, 0.25) is 0 Å². The molecule has 0 unspecified atom stereocenters. The maximum atomic E-state index is 0. The molecule has 0 fully saturated rings. The third kappa shape index (κ3) is 9.16. The molecule has 0 bridgehead atoms. The zero-order valence-electron chi connectivity index (χ0n) is 0.947. The van der Waals surface area contributed by atoms with Crippen LogP contribution in [0.15, 0.2) is 0 Å². The third-order valence-corrected chi connectivity index (χ3v) is 0. The SMILES string of the molecule is C.[AlH3].[Ti].[V]. The van der Waals surface area contributed by atoms with E-state index in [0.717, 1.165) is 0 Å². The zero-order chi connectivity index (χ0) is 0. The summed E-state index contributed by atoms with van der Waals surface area (Å²) in [6, 6.07) is 0. The van der Waals surface area contributed by atoms with Gasteiger partial charge in [-0.2, -0.15) is 0 Å². The van der Waals surface area contributed by atoms with Gasteiger partial charge in [-0.25, -0.2) is 0 Å². The molecule has 0 aliphatic rings. The maximum absolute atomic E-state index is 0. The molecule has 0 nitrogen and oxygen atoms in total. The topological polar surface area (TPSA) is 0 Å². The molecule has 1 radical (unpaired) electrons. The summed E-state index contributed by atoms with van der Waals surface area (Å²) in [5, 5.41) is 0. The van der Waals surface area contributed by atoms with Gasteiger partial charge in [-0.1, -0.05) is 7.43 Å². The second kappa shape index (κ2) is 21.1. The maximum Gasteiger partial charge on any atom is 0.187 e. The Kier molecular flexibility index (Phi) is 215. The van der Waals surface area contributed by atoms with Crippen molar-refractivity contribution >= 4 is 17.4 Å². The van der Waals surface area contributed by atoms with E-state index < -0.39 is 0 Å². The molecule has 0 saturated carbocycles. The van der Waals surface area contributed by atoms with Gasteiger partial charge in [-0.15, -0.1) is 0 Å². The molecule has 0 aromatic heterocycles. The van der Waals surface area contributed by atoms with Crippen LogP contribution in [0.25, 0.3) is 0 Å². The van der Waals surface area contributed by atoms with Gasteiger partial charge in [-0.3, -0.25) is 0 Å². The van der Waals surface area contributed by atoms with Crippen molar-refractivity contribution in [3.8, 4) is 0 Å². The largest absolute Gasteiger partial charge is 0.187 e. The monoisotopic (exact) mass is 145 g/mol. The summed E-state index contributed by atoms with van der Waals surface area (Å²) in [5.41, 5.74) is 0. The van der Waals surface area contributed by atoms with Gasteiger partial charge in [0.15, 0.2) is 17.4 Å². The van der Waals surface area contributed by atoms with E-state index in [1.807, 2.05) is 0 Å². The Bertz CT molecular complexity index is 8.00. The Hall–Kier alpha value is 1.83. The van der Waals surface area contributed by atoms with Crippen molar-refractivity contribution < 1.29 is 40.3 Å². The quantitative estimate of drug-likeness (QED) is 0.401. The Morgan fingerprint density at radius 3 is 1.00 bits per heavy atom. The van der Waals surface area contributed by atoms with Crippen LogP contribution in [0.5, 0.6) is 0 Å². The van der Waals surface area contributed by atoms with E-state index in [9.17, 15) is 0 Å². The molecule has 0 aromatic rings. The molecule has 0 saturated heterocycles. The second-order valence-corrected chi connectivity index (χ2v) is 0. The molecule has 0 aliphatic carbocycles. The first-order valence-corrected chi connectivity index (χ1v) is 0. The molecule has 0 rings (SSSR count). The molecule has 0 amide bonds. The van der Waals surface area contributed by atoms with E-state index >= 15 is 0 Å². The minimum Gasteiger partial charge on any atom is -0.0776 e. The summed E-state index contributed by atoms with van der Waals surface area (Å²) in [7, 11) is 0. The minimum absolute atomic E-state index is 0. The molecule has 0 spiro atoms. The average Bonchev–Trinajstić information content (AvgIpc) is 0. The summed E-state index contributed by atoms with van der Waals surface area (Å²) in [6.45, 7) is 0. The van der Waals surface area contributed by atoms with Crippen molar-refractivity contribution in [1.82, 2.24) is 0 Å². The number of rotatable bonds is 0. The van der Waals surface area contributed by atoms with Gasteiger partial charge in [0.05, 0.1) is 0 Å². The van der Waals surface area contributed by atoms with Gasteiger partial charge in [-0.05, 0) is 0 Å². The van der Waals surface area contributed by atoms with Crippen LogP contribution in [0.4, 0.5) is 0 Å². The standard InChI is InChI=1S/CH4.Al.Ti.V.3H/h1H4;;;;;;. The Morgan fingerprint density at radius 2 is 1.00 bits per heavy atom. The first-order chi connectivity index (χ1) is 0. The van der Waals surface area contributed by atoms with Gasteiger partial charge in [0.25, 0.3) is 0 Å². The average molecular weight is 145 g/mol. The molecule has 23 valence electrons.